The summed E-state index contributed by atoms with van der Waals surface area (Å²) in [6.45, 7) is 24.1. The van der Waals surface area contributed by atoms with Crippen LogP contribution in [0.4, 0.5) is 5.69 Å². The molecular weight excluding hydrogens is 928 g/mol. The molecule has 0 spiro atoms. The van der Waals surface area contributed by atoms with Crippen LogP contribution in [-0.4, -0.2) is 44.5 Å². The fourth-order valence-electron chi connectivity index (χ4n) is 8.71. The summed E-state index contributed by atoms with van der Waals surface area (Å²) in [6.07, 6.45) is 33.4. The summed E-state index contributed by atoms with van der Waals surface area (Å²) < 4.78 is 5.38. The van der Waals surface area contributed by atoms with Gasteiger partial charge < -0.3 is 33.4 Å². The number of benzene rings is 3. The van der Waals surface area contributed by atoms with E-state index >= 15 is 0 Å². The van der Waals surface area contributed by atoms with E-state index in [2.05, 4.69) is 150 Å². The Morgan fingerprint density at radius 3 is 1.62 bits per heavy atom. The van der Waals surface area contributed by atoms with Crippen LogP contribution < -0.4 is 38.9 Å². The average Bonchev–Trinajstić information content (AvgIpc) is 3.85. The number of thiazole rings is 1. The zero-order valence-corrected chi connectivity index (χ0v) is 46.0. The second-order valence-corrected chi connectivity index (χ2v) is 20.3. The van der Waals surface area contributed by atoms with Crippen LogP contribution in [0.3, 0.4) is 0 Å². The van der Waals surface area contributed by atoms with Crippen molar-refractivity contribution in [2.24, 2.45) is 0 Å². The lowest BCUT2D eigenvalue weighted by Crippen LogP contribution is -3.00. The third-order valence-corrected chi connectivity index (χ3v) is 14.9. The van der Waals surface area contributed by atoms with E-state index in [1.54, 1.807) is 0 Å². The van der Waals surface area contributed by atoms with Crippen LogP contribution in [0, 0.1) is 0 Å². The number of hydrogen-bond acceptors (Lipinski definition) is 3. The van der Waals surface area contributed by atoms with Crippen molar-refractivity contribution in [3.8, 4) is 0 Å². The van der Waals surface area contributed by atoms with E-state index in [1.165, 1.54) is 215 Å². The normalized spacial score (nSPS) is 12.7. The van der Waals surface area contributed by atoms with Gasteiger partial charge in [-0.05, 0) is 56.7 Å². The van der Waals surface area contributed by atoms with E-state index in [1.807, 2.05) is 23.1 Å². The quantitative estimate of drug-likeness (QED) is 0.0163. The lowest BCUT2D eigenvalue weighted by atomic mass is 9.66. The summed E-state index contributed by atoms with van der Waals surface area (Å²) >= 11 is 3.88. The lowest BCUT2D eigenvalue weighted by Gasteiger charge is -2.39. The third kappa shape index (κ3) is 22.3. The van der Waals surface area contributed by atoms with E-state index in [0.29, 0.717) is 0 Å². The standard InChI is InChI=1S/C29H39N2S2.C16H36N.C12H18B.HI/c1-3-5-7-9-15-21-30-24-17-11-13-19-26(24)32-28(30)23-29-31(22-16-10-8-6-4-2)25-18-12-14-20-27(25)33-29;1-5-9-13-17(14-10-6-2,15-11-7-3)16-12-8-4;1-2-3-4-8-11-13-12-9-6-5-7-10-12;/h11-14,17-20,23H,3-10,15-16,21-22H2,1-2H3;5-16H2,1-4H3;5-7,9-10H,2-4,8,11H2,1H3;1H/q2*+1;-1;/p-1. The summed E-state index contributed by atoms with van der Waals surface area (Å²) in [5.74, 6) is 0. The predicted molar refractivity (Wildman–Crippen MR) is 287 cm³/mol. The molecule has 2 radical (unpaired) electrons. The monoisotopic (exact) mass is 1020 g/mol. The molecule has 1 aliphatic heterocycles. The number of fused-ring (bicyclic) bond motifs is 2. The maximum Gasteiger partial charge on any atom is 0.265 e. The SMILES string of the molecule is CCCCCCCN1C(=Cc2sc3ccccc3[n+]2CCCCCCC)Sc2ccccc21.CCCCCC[B-]c1ccccc1.CCCC[N+](CCCC)(CCCC)CCCC.[I-]. The van der Waals surface area contributed by atoms with Gasteiger partial charge in [-0.3, -0.25) is 12.7 Å². The fraction of sp³-hybridized carbons (Fsp3) is 0.632. The van der Waals surface area contributed by atoms with Gasteiger partial charge in [0.2, 0.25) is 5.52 Å². The van der Waals surface area contributed by atoms with Gasteiger partial charge in [0, 0.05) is 23.9 Å². The molecule has 3 aromatic carbocycles. The number of anilines is 1. The highest BCUT2D eigenvalue weighted by Crippen LogP contribution is 2.47. The van der Waals surface area contributed by atoms with Gasteiger partial charge in [0.15, 0.2) is 6.54 Å². The molecule has 0 unspecified atom stereocenters. The van der Waals surface area contributed by atoms with Crippen molar-refractivity contribution in [2.45, 2.75) is 207 Å². The Bertz CT molecular complexity index is 1710. The number of hydrogen-bond donors (Lipinski definition) is 0. The van der Waals surface area contributed by atoms with Gasteiger partial charge in [-0.25, -0.2) is 6.32 Å². The van der Waals surface area contributed by atoms with Crippen molar-refractivity contribution < 1.29 is 33.0 Å². The Morgan fingerprint density at radius 2 is 1.03 bits per heavy atom. The highest BCUT2D eigenvalue weighted by Gasteiger charge is 2.28. The number of thioether (sulfide) groups is 1. The number of aryl methyl sites for hydroxylation is 1. The number of unbranched alkanes of at least 4 members (excludes halogenated alkanes) is 15. The molecule has 358 valence electrons. The summed E-state index contributed by atoms with van der Waals surface area (Å²) in [5.41, 5.74) is 4.13. The minimum Gasteiger partial charge on any atom is -1.00 e. The molecule has 0 amide bonds. The molecule has 0 saturated carbocycles. The Morgan fingerprint density at radius 1 is 0.531 bits per heavy atom. The summed E-state index contributed by atoms with van der Waals surface area (Å²) in [4.78, 5) is 3.96. The summed E-state index contributed by atoms with van der Waals surface area (Å²) in [5, 5.41) is 2.77. The van der Waals surface area contributed by atoms with Crippen LogP contribution in [0.25, 0.3) is 16.3 Å². The van der Waals surface area contributed by atoms with Crippen LogP contribution >= 0.6 is 23.1 Å². The largest absolute Gasteiger partial charge is 1.00 e. The van der Waals surface area contributed by atoms with Crippen LogP contribution in [-0.2, 0) is 6.54 Å². The van der Waals surface area contributed by atoms with E-state index in [9.17, 15) is 0 Å². The van der Waals surface area contributed by atoms with Crippen molar-refractivity contribution in [2.75, 3.05) is 37.6 Å². The summed E-state index contributed by atoms with van der Waals surface area (Å²) in [6, 6.07) is 28.4. The highest BCUT2D eigenvalue weighted by molar-refractivity contribution is 8.03. The lowest BCUT2D eigenvalue weighted by molar-refractivity contribution is -0.929. The van der Waals surface area contributed by atoms with Gasteiger partial charge in [0.25, 0.3) is 5.01 Å². The fourth-order valence-corrected chi connectivity index (χ4v) is 11.0. The molecular formula is C57H93BIN3S2. The Kier molecular flexibility index (Phi) is 33.9. The van der Waals surface area contributed by atoms with Crippen molar-refractivity contribution in [3.63, 3.8) is 0 Å². The van der Waals surface area contributed by atoms with E-state index in [0.717, 1.165) is 13.1 Å². The van der Waals surface area contributed by atoms with Gasteiger partial charge >= 0.3 is 0 Å². The first-order chi connectivity index (χ1) is 31.0. The van der Waals surface area contributed by atoms with Crippen molar-refractivity contribution in [1.82, 2.24) is 0 Å². The minimum absolute atomic E-state index is 0. The second-order valence-electron chi connectivity index (χ2n) is 18.2. The molecule has 5 rings (SSSR count). The molecule has 0 saturated heterocycles. The zero-order valence-electron chi connectivity index (χ0n) is 42.2. The van der Waals surface area contributed by atoms with Crippen molar-refractivity contribution >= 4 is 57.8 Å². The second kappa shape index (κ2) is 37.2. The predicted octanol–water partition coefficient (Wildman–Crippen LogP) is 14.1. The molecule has 1 aliphatic rings. The van der Waals surface area contributed by atoms with Gasteiger partial charge in [-0.2, -0.15) is 4.57 Å². The number of para-hydroxylation sites is 2. The molecule has 3 nitrogen and oxygen atoms in total. The molecule has 0 bridgehead atoms. The van der Waals surface area contributed by atoms with Gasteiger partial charge in [-0.1, -0.05) is 210 Å². The number of rotatable bonds is 31. The molecule has 0 atom stereocenters. The zero-order chi connectivity index (χ0) is 45.2. The molecule has 0 aliphatic carbocycles. The maximum absolute atomic E-state index is 2.57. The molecule has 7 heteroatoms. The average molecular weight is 1020 g/mol. The van der Waals surface area contributed by atoms with Gasteiger partial charge in [-0.15, -0.1) is 12.1 Å². The summed E-state index contributed by atoms with van der Waals surface area (Å²) in [7, 11) is 2.33. The number of nitrogens with zero attached hydrogens (tertiary/aromatic N) is 3. The maximum atomic E-state index is 2.57. The molecule has 4 aromatic rings. The molecule has 64 heavy (non-hydrogen) atoms. The van der Waals surface area contributed by atoms with E-state index in [4.69, 9.17) is 0 Å². The molecule has 1 aromatic heterocycles. The Hall–Kier alpha value is -1.81. The number of halogens is 1. The minimum atomic E-state index is 0. The smallest absolute Gasteiger partial charge is 0.265 e. The van der Waals surface area contributed by atoms with Gasteiger partial charge in [0.05, 0.1) is 43.0 Å². The Labute approximate surface area is 421 Å². The first kappa shape index (κ1) is 58.3. The molecule has 0 N–H and O–H groups in total. The first-order valence-electron chi connectivity index (χ1n) is 26.4. The van der Waals surface area contributed by atoms with Crippen LogP contribution in [0.2, 0.25) is 6.32 Å². The number of quaternary nitrogens is 1. The topological polar surface area (TPSA) is 7.12 Å². The highest BCUT2D eigenvalue weighted by atomic mass is 127. The number of aromatic nitrogens is 1. The third-order valence-electron chi connectivity index (χ3n) is 12.7. The van der Waals surface area contributed by atoms with Crippen LogP contribution in [0.1, 0.15) is 195 Å². The van der Waals surface area contributed by atoms with Crippen molar-refractivity contribution in [3.05, 3.63) is 88.9 Å². The van der Waals surface area contributed by atoms with Crippen molar-refractivity contribution in [1.29, 1.82) is 0 Å². The van der Waals surface area contributed by atoms with E-state index < -0.39 is 0 Å². The first-order valence-corrected chi connectivity index (χ1v) is 28.0. The molecule has 2 heterocycles. The Balaban J connectivity index is 0.000000381. The van der Waals surface area contributed by atoms with Crippen LogP contribution in [0.15, 0.2) is 88.8 Å². The van der Waals surface area contributed by atoms with Gasteiger partial charge in [0.1, 0.15) is 4.70 Å². The molecule has 0 fully saturated rings. The van der Waals surface area contributed by atoms with E-state index in [-0.39, 0.29) is 24.0 Å². The van der Waals surface area contributed by atoms with Crippen LogP contribution in [0.5, 0.6) is 0 Å².